The number of β-lactam (4-membered cyclic amide) rings is 1. The van der Waals surface area contributed by atoms with E-state index in [4.69, 9.17) is 10.6 Å². The number of carbonyl (C=O) groups excluding carboxylic acids is 2. The highest BCUT2D eigenvalue weighted by Crippen LogP contribution is 2.42. The van der Waals surface area contributed by atoms with Gasteiger partial charge in [0, 0.05) is 22.6 Å². The van der Waals surface area contributed by atoms with Gasteiger partial charge in [-0.15, -0.1) is 23.1 Å². The first-order valence-corrected chi connectivity index (χ1v) is 13.1. The molecule has 162 valence electrons. The lowest BCUT2D eigenvalue weighted by Gasteiger charge is -2.49. The Kier molecular flexibility index (Phi) is 7.55. The van der Waals surface area contributed by atoms with Crippen molar-refractivity contribution in [2.24, 2.45) is 5.16 Å². The van der Waals surface area contributed by atoms with Crippen LogP contribution in [0.3, 0.4) is 0 Å². The molecule has 4 N–H and O–H groups in total. The summed E-state index contributed by atoms with van der Waals surface area (Å²) in [6, 6.07) is -0.867. The molecule has 1 aromatic rings. The summed E-state index contributed by atoms with van der Waals surface area (Å²) < 4.78 is 0. The number of carboxylic acids is 1. The number of amides is 2. The summed E-state index contributed by atoms with van der Waals surface area (Å²) in [6.07, 6.45) is 0. The Bertz CT molecular complexity index is 918. The average Bonchev–Trinajstić information content (AvgIpc) is 3.15. The van der Waals surface area contributed by atoms with Crippen LogP contribution >= 0.6 is 44.7 Å². The number of aliphatic carboxylic acids is 1. The maximum Gasteiger partial charge on any atom is 0.352 e. The second-order valence-corrected chi connectivity index (χ2v) is 10.7. The normalized spacial score (nSPS) is 21.2. The molecule has 0 aliphatic carbocycles. The van der Waals surface area contributed by atoms with Crippen molar-refractivity contribution in [2.75, 3.05) is 30.1 Å². The minimum Gasteiger partial charge on any atom is -0.477 e. The molecule has 0 aromatic carbocycles. The van der Waals surface area contributed by atoms with Crippen molar-refractivity contribution in [1.82, 2.24) is 15.2 Å². The van der Waals surface area contributed by atoms with Gasteiger partial charge in [0.25, 0.3) is 11.8 Å². The highest BCUT2D eigenvalue weighted by molar-refractivity contribution is 8.76. The van der Waals surface area contributed by atoms with E-state index in [1.54, 1.807) is 27.0 Å². The van der Waals surface area contributed by atoms with Crippen LogP contribution in [0.1, 0.15) is 12.6 Å². The summed E-state index contributed by atoms with van der Waals surface area (Å²) >= 11 is 2.56. The van der Waals surface area contributed by atoms with Crippen molar-refractivity contribution in [3.8, 4) is 0 Å². The number of nitrogens with two attached hydrogens (primary N) is 1. The van der Waals surface area contributed by atoms with Gasteiger partial charge in [-0.2, -0.15) is 0 Å². The zero-order valence-electron chi connectivity index (χ0n) is 16.0. The number of nitrogen functional groups attached to an aromatic ring is 1. The van der Waals surface area contributed by atoms with Crippen LogP contribution in [-0.2, 0) is 19.2 Å². The second-order valence-electron chi connectivity index (χ2n) is 5.98. The zero-order chi connectivity index (χ0) is 21.8. The quantitative estimate of drug-likeness (QED) is 0.152. The van der Waals surface area contributed by atoms with E-state index in [2.05, 4.69) is 15.5 Å². The van der Waals surface area contributed by atoms with E-state index in [0.29, 0.717) is 17.1 Å². The van der Waals surface area contributed by atoms with Gasteiger partial charge in [0.2, 0.25) is 0 Å². The summed E-state index contributed by atoms with van der Waals surface area (Å²) in [7, 11) is 4.48. The van der Waals surface area contributed by atoms with Crippen LogP contribution in [0.4, 0.5) is 5.13 Å². The molecule has 30 heavy (non-hydrogen) atoms. The molecule has 0 spiro atoms. The number of fused-ring (bicyclic) bond motifs is 1. The third-order valence-corrected chi connectivity index (χ3v) is 8.58. The molecule has 3 rings (SSSR count). The third-order valence-electron chi connectivity index (χ3n) is 4.13. The largest absolute Gasteiger partial charge is 0.477 e. The number of nitrogens with one attached hydrogen (secondary N) is 1. The summed E-state index contributed by atoms with van der Waals surface area (Å²) in [5.41, 5.74) is 6.45. The van der Waals surface area contributed by atoms with Gasteiger partial charge in [-0.1, -0.05) is 33.7 Å². The van der Waals surface area contributed by atoms with Gasteiger partial charge in [0.15, 0.2) is 10.8 Å². The lowest BCUT2D eigenvalue weighted by atomic mass is 10.0. The van der Waals surface area contributed by atoms with E-state index in [1.165, 1.54) is 23.8 Å². The molecule has 14 heteroatoms. The first-order valence-electron chi connectivity index (χ1n) is 8.66. The number of thioether (sulfide) groups is 1. The van der Waals surface area contributed by atoms with E-state index < -0.39 is 29.2 Å². The molecule has 0 saturated carbocycles. The third kappa shape index (κ3) is 4.55. The standard InChI is InChI=1S/C16H19N5O5S4/c1-3-29-30-5-7-4-27-14-10(13(23)21(14)11(7)15(24)25)19-12(22)9(20-26-2)8-6-28-16(17)18-8/h6,10,14H,3-5H2,1-2H3,(H2,17,18)(H,19,22)(H,24,25)/b20-9-/t10?,14-/m1/s1. The number of hydrogen-bond donors (Lipinski definition) is 3. The molecule has 3 heterocycles. The molecule has 1 fully saturated rings. The molecule has 1 saturated heterocycles. The van der Waals surface area contributed by atoms with Crippen LogP contribution in [0.25, 0.3) is 0 Å². The minimum atomic E-state index is -1.14. The maximum atomic E-state index is 12.7. The van der Waals surface area contributed by atoms with Crippen LogP contribution in [-0.4, -0.2) is 74.3 Å². The van der Waals surface area contributed by atoms with Gasteiger partial charge in [-0.3, -0.25) is 14.5 Å². The molecule has 0 radical (unpaired) electrons. The van der Waals surface area contributed by atoms with Crippen molar-refractivity contribution in [1.29, 1.82) is 0 Å². The van der Waals surface area contributed by atoms with E-state index in [-0.39, 0.29) is 22.2 Å². The smallest absolute Gasteiger partial charge is 0.352 e. The topological polar surface area (TPSA) is 147 Å². The van der Waals surface area contributed by atoms with E-state index >= 15 is 0 Å². The van der Waals surface area contributed by atoms with Crippen LogP contribution in [0.2, 0.25) is 0 Å². The predicted molar refractivity (Wildman–Crippen MR) is 120 cm³/mol. The van der Waals surface area contributed by atoms with Crippen molar-refractivity contribution in [2.45, 2.75) is 18.3 Å². The molecule has 2 aliphatic heterocycles. The Morgan fingerprint density at radius 3 is 2.87 bits per heavy atom. The van der Waals surface area contributed by atoms with E-state index in [0.717, 1.165) is 17.1 Å². The molecular formula is C16H19N5O5S4. The molecule has 0 bridgehead atoms. The molecule has 2 amide bonds. The number of anilines is 1. The number of carboxylic acid groups (broad SMARTS) is 1. The van der Waals surface area contributed by atoms with Crippen molar-refractivity contribution in [3.63, 3.8) is 0 Å². The summed E-state index contributed by atoms with van der Waals surface area (Å²) in [4.78, 5) is 47.3. The molecule has 1 aromatic heterocycles. The average molecular weight is 490 g/mol. The molecule has 1 unspecified atom stereocenters. The lowest BCUT2D eigenvalue weighted by molar-refractivity contribution is -0.150. The van der Waals surface area contributed by atoms with Crippen molar-refractivity contribution >= 4 is 73.3 Å². The lowest BCUT2D eigenvalue weighted by Crippen LogP contribution is -2.71. The SMILES string of the molecule is CCSSCC1=C(C(=O)O)N2C(=O)C(NC(=O)/C(=N\OC)c3csc(N)n3)[C@H]2SC1. The van der Waals surface area contributed by atoms with Gasteiger partial charge < -0.3 is 21.0 Å². The molecule has 10 nitrogen and oxygen atoms in total. The monoisotopic (exact) mass is 489 g/mol. The first-order chi connectivity index (χ1) is 14.4. The number of nitrogens with zero attached hydrogens (tertiary/aromatic N) is 3. The van der Waals surface area contributed by atoms with E-state index in [9.17, 15) is 19.5 Å². The highest BCUT2D eigenvalue weighted by Gasteiger charge is 2.54. The fraction of sp³-hybridized carbons (Fsp3) is 0.438. The summed E-state index contributed by atoms with van der Waals surface area (Å²) in [6.45, 7) is 2.02. The Hall–Kier alpha value is -1.90. The number of thiazole rings is 1. The van der Waals surface area contributed by atoms with Crippen LogP contribution in [0, 0.1) is 0 Å². The Balaban J connectivity index is 1.75. The zero-order valence-corrected chi connectivity index (χ0v) is 19.3. The summed E-state index contributed by atoms with van der Waals surface area (Å²) in [5, 5.41) is 17.3. The second kappa shape index (κ2) is 9.94. The Morgan fingerprint density at radius 1 is 1.50 bits per heavy atom. The number of aromatic nitrogens is 1. The maximum absolute atomic E-state index is 12.7. The number of oxime groups is 1. The van der Waals surface area contributed by atoms with Crippen molar-refractivity contribution < 1.29 is 24.3 Å². The van der Waals surface area contributed by atoms with Gasteiger partial charge in [-0.05, 0) is 5.57 Å². The first kappa shape index (κ1) is 22.8. The Morgan fingerprint density at radius 2 is 2.27 bits per heavy atom. The van der Waals surface area contributed by atoms with Crippen LogP contribution in [0.15, 0.2) is 21.8 Å². The fourth-order valence-corrected chi connectivity index (χ4v) is 6.72. The summed E-state index contributed by atoms with van der Waals surface area (Å²) in [5.74, 6) is -0.364. The Labute approximate surface area is 188 Å². The minimum absolute atomic E-state index is 0.0107. The molecule has 2 atom stereocenters. The van der Waals surface area contributed by atoms with Gasteiger partial charge in [0.05, 0.1) is 0 Å². The number of hydrogen-bond acceptors (Lipinski definition) is 11. The van der Waals surface area contributed by atoms with Crippen LogP contribution in [0.5, 0.6) is 0 Å². The van der Waals surface area contributed by atoms with Crippen molar-refractivity contribution in [3.05, 3.63) is 22.3 Å². The number of rotatable bonds is 9. The van der Waals surface area contributed by atoms with E-state index in [1.807, 2.05) is 6.92 Å². The fourth-order valence-electron chi connectivity index (χ4n) is 2.89. The number of carbonyl (C=O) groups is 3. The predicted octanol–water partition coefficient (Wildman–Crippen LogP) is 1.22. The highest BCUT2D eigenvalue weighted by atomic mass is 33.1. The van der Waals surface area contributed by atoms with Crippen LogP contribution < -0.4 is 11.1 Å². The van der Waals surface area contributed by atoms with Gasteiger partial charge in [0.1, 0.15) is 29.9 Å². The molecular weight excluding hydrogens is 470 g/mol. The van der Waals surface area contributed by atoms with Gasteiger partial charge >= 0.3 is 5.97 Å². The van der Waals surface area contributed by atoms with Gasteiger partial charge in [-0.25, -0.2) is 9.78 Å². The molecule has 2 aliphatic rings.